The van der Waals surface area contributed by atoms with Gasteiger partial charge in [0.15, 0.2) is 17.5 Å². The second-order valence-electron chi connectivity index (χ2n) is 17.9. The average Bonchev–Trinajstić information content (AvgIpc) is 4.06. The van der Waals surface area contributed by atoms with Gasteiger partial charge in [-0.15, -0.1) is 0 Å². The molecule has 3 aromatic heterocycles. The van der Waals surface area contributed by atoms with E-state index in [4.69, 9.17) is 15.0 Å². The number of nitrogens with zero attached hydrogens (tertiary/aromatic N) is 5. The Morgan fingerprint density at radius 2 is 0.696 bits per heavy atom. The molecule has 14 rings (SSSR count). The number of para-hydroxylation sites is 3. The van der Waals surface area contributed by atoms with Crippen LogP contribution in [-0.2, 0) is 5.41 Å². The van der Waals surface area contributed by atoms with Crippen LogP contribution in [0.25, 0.3) is 100 Å². The van der Waals surface area contributed by atoms with Crippen molar-refractivity contribution in [3.63, 3.8) is 0 Å². The molecular weight excluding hydrogens is 839 g/mol. The summed E-state index contributed by atoms with van der Waals surface area (Å²) in [6.07, 6.45) is 0. The minimum Gasteiger partial charge on any atom is -0.307 e. The van der Waals surface area contributed by atoms with Crippen LogP contribution in [0.5, 0.6) is 0 Å². The van der Waals surface area contributed by atoms with E-state index in [1.165, 1.54) is 71.5 Å². The summed E-state index contributed by atoms with van der Waals surface area (Å²) >= 11 is 0. The molecule has 1 aliphatic rings. The monoisotopic (exact) mass is 879 g/mol. The van der Waals surface area contributed by atoms with Crippen molar-refractivity contribution in [3.05, 3.63) is 271 Å². The van der Waals surface area contributed by atoms with Crippen molar-refractivity contribution in [1.82, 2.24) is 24.1 Å². The second kappa shape index (κ2) is 15.4. The first-order valence-electron chi connectivity index (χ1n) is 23.5. The van der Waals surface area contributed by atoms with Crippen LogP contribution in [-0.4, -0.2) is 24.1 Å². The van der Waals surface area contributed by atoms with E-state index >= 15 is 0 Å². The Labute approximate surface area is 398 Å². The molecule has 0 N–H and O–H groups in total. The summed E-state index contributed by atoms with van der Waals surface area (Å²) in [5.74, 6) is 1.91. The predicted octanol–water partition coefficient (Wildman–Crippen LogP) is 15.4. The minimum atomic E-state index is -0.645. The first kappa shape index (κ1) is 39.0. The van der Waals surface area contributed by atoms with E-state index in [1.54, 1.807) is 0 Å². The van der Waals surface area contributed by atoms with Gasteiger partial charge in [0.1, 0.15) is 0 Å². The number of fused-ring (bicyclic) bond motifs is 10. The van der Waals surface area contributed by atoms with Crippen LogP contribution in [0.15, 0.2) is 249 Å². The maximum absolute atomic E-state index is 5.10. The number of benzene rings is 10. The van der Waals surface area contributed by atoms with Gasteiger partial charge in [0.2, 0.25) is 0 Å². The van der Waals surface area contributed by atoms with Gasteiger partial charge in [-0.2, -0.15) is 0 Å². The lowest BCUT2D eigenvalue weighted by Gasteiger charge is -2.34. The smallest absolute Gasteiger partial charge is 0.164 e. The fourth-order valence-corrected chi connectivity index (χ4v) is 11.3. The van der Waals surface area contributed by atoms with Gasteiger partial charge in [0, 0.05) is 49.6 Å². The van der Waals surface area contributed by atoms with Crippen LogP contribution in [0.3, 0.4) is 0 Å². The summed E-state index contributed by atoms with van der Waals surface area (Å²) in [6, 6.07) is 89.5. The zero-order chi connectivity index (χ0) is 45.5. The maximum atomic E-state index is 5.10. The fourth-order valence-electron chi connectivity index (χ4n) is 11.3. The first-order chi connectivity index (χ1) is 34.2. The van der Waals surface area contributed by atoms with Crippen molar-refractivity contribution in [3.8, 4) is 56.7 Å². The van der Waals surface area contributed by atoms with Crippen molar-refractivity contribution in [2.75, 3.05) is 0 Å². The highest BCUT2D eigenvalue weighted by Gasteiger charge is 2.46. The van der Waals surface area contributed by atoms with E-state index in [9.17, 15) is 0 Å². The third-order valence-corrected chi connectivity index (χ3v) is 14.3. The van der Waals surface area contributed by atoms with E-state index in [1.807, 2.05) is 36.4 Å². The van der Waals surface area contributed by atoms with E-state index in [0.29, 0.717) is 17.5 Å². The molecule has 3 heterocycles. The third-order valence-electron chi connectivity index (χ3n) is 14.3. The molecule has 13 aromatic rings. The highest BCUT2D eigenvalue weighted by molar-refractivity contribution is 6.24. The lowest BCUT2D eigenvalue weighted by atomic mass is 9.67. The molecule has 0 saturated carbocycles. The number of rotatable bonds is 7. The molecule has 0 atom stereocenters. The van der Waals surface area contributed by atoms with Gasteiger partial charge in [0.05, 0.1) is 27.5 Å². The molecular formula is C64H41N5. The van der Waals surface area contributed by atoms with E-state index < -0.39 is 5.41 Å². The van der Waals surface area contributed by atoms with Gasteiger partial charge in [-0.25, -0.2) is 15.0 Å². The van der Waals surface area contributed by atoms with Gasteiger partial charge in [0.25, 0.3) is 0 Å². The molecule has 0 unspecified atom stereocenters. The van der Waals surface area contributed by atoms with Crippen molar-refractivity contribution in [2.45, 2.75) is 5.41 Å². The molecule has 0 bridgehead atoms. The zero-order valence-electron chi connectivity index (χ0n) is 37.4. The maximum Gasteiger partial charge on any atom is 0.164 e. The number of hydrogen-bond donors (Lipinski definition) is 0. The lowest BCUT2D eigenvalue weighted by molar-refractivity contribution is 0.770. The summed E-state index contributed by atoms with van der Waals surface area (Å²) in [7, 11) is 0. The first-order valence-corrected chi connectivity index (χ1v) is 23.5. The molecule has 322 valence electrons. The van der Waals surface area contributed by atoms with Gasteiger partial charge < -0.3 is 9.13 Å². The Hall–Kier alpha value is -9.19. The molecule has 0 amide bonds. The largest absolute Gasteiger partial charge is 0.307 e. The molecule has 10 aromatic carbocycles. The van der Waals surface area contributed by atoms with Gasteiger partial charge in [-0.1, -0.05) is 206 Å². The summed E-state index contributed by atoms with van der Waals surface area (Å²) < 4.78 is 4.94. The van der Waals surface area contributed by atoms with Gasteiger partial charge >= 0.3 is 0 Å². The van der Waals surface area contributed by atoms with Crippen LogP contribution in [0.1, 0.15) is 22.3 Å². The molecule has 5 nitrogen and oxygen atoms in total. The topological polar surface area (TPSA) is 48.5 Å². The Morgan fingerprint density at radius 1 is 0.290 bits per heavy atom. The lowest BCUT2D eigenvalue weighted by Crippen LogP contribution is -2.28. The number of hydrogen-bond acceptors (Lipinski definition) is 3. The molecule has 0 saturated heterocycles. The molecule has 0 fully saturated rings. The Morgan fingerprint density at radius 3 is 1.23 bits per heavy atom. The van der Waals surface area contributed by atoms with E-state index in [-0.39, 0.29) is 0 Å². The van der Waals surface area contributed by atoms with Crippen LogP contribution >= 0.6 is 0 Å². The molecule has 0 spiro atoms. The predicted molar refractivity (Wildman–Crippen MR) is 282 cm³/mol. The highest BCUT2D eigenvalue weighted by Crippen LogP contribution is 2.57. The summed E-state index contributed by atoms with van der Waals surface area (Å²) in [6.45, 7) is 0. The second-order valence-corrected chi connectivity index (χ2v) is 17.9. The van der Waals surface area contributed by atoms with Crippen molar-refractivity contribution >= 4 is 43.6 Å². The van der Waals surface area contributed by atoms with Gasteiger partial charge in [-0.3, -0.25) is 0 Å². The van der Waals surface area contributed by atoms with Crippen molar-refractivity contribution < 1.29 is 0 Å². The molecule has 0 radical (unpaired) electrons. The summed E-state index contributed by atoms with van der Waals surface area (Å²) in [5.41, 5.74) is 16.5. The number of aromatic nitrogens is 5. The van der Waals surface area contributed by atoms with Crippen LogP contribution < -0.4 is 0 Å². The van der Waals surface area contributed by atoms with Crippen molar-refractivity contribution in [2.24, 2.45) is 0 Å². The fraction of sp³-hybridized carbons (Fsp3) is 0.0156. The van der Waals surface area contributed by atoms with Gasteiger partial charge in [-0.05, 0) is 75.8 Å². The minimum absolute atomic E-state index is 0.630. The Kier molecular flexibility index (Phi) is 8.73. The molecule has 5 heteroatoms. The highest BCUT2D eigenvalue weighted by atomic mass is 15.0. The van der Waals surface area contributed by atoms with Crippen LogP contribution in [0.2, 0.25) is 0 Å². The molecule has 1 aliphatic carbocycles. The average molecular weight is 880 g/mol. The summed E-state index contributed by atoms with van der Waals surface area (Å²) in [4.78, 5) is 15.2. The summed E-state index contributed by atoms with van der Waals surface area (Å²) in [5, 5.41) is 4.85. The Balaban J connectivity index is 1.03. The quantitative estimate of drug-likeness (QED) is 0.160. The van der Waals surface area contributed by atoms with E-state index in [2.05, 4.69) is 221 Å². The standard InChI is InChI=1S/C64H41N5/c1-5-19-42(20-6-1)61-65-62(43-21-7-2-8-22-43)67-63(66-61)44-33-35-45(36-34-44)64(55-30-16-13-27-49(55)50-28-14-17-31-56(50)64)46-37-40-58-54(41-46)53-39-38-52-51-29-15-18-32-57(51)68(47-23-9-3-10-24-47)59(52)60(53)69(58)48-25-11-4-12-26-48/h1-41H. The van der Waals surface area contributed by atoms with Crippen LogP contribution in [0, 0.1) is 0 Å². The SMILES string of the molecule is c1ccc(-c2nc(-c3ccccc3)nc(-c3ccc(C4(c5ccc6c(c5)c5ccc7c8ccccc8n(-c8ccccc8)c7c5n6-c5ccccc5)c5ccccc5-c5ccccc54)cc3)n2)cc1. The zero-order valence-corrected chi connectivity index (χ0v) is 37.4. The van der Waals surface area contributed by atoms with E-state index in [0.717, 1.165) is 33.6 Å². The molecule has 69 heavy (non-hydrogen) atoms. The third kappa shape index (κ3) is 5.87. The van der Waals surface area contributed by atoms with Crippen LogP contribution in [0.4, 0.5) is 0 Å². The normalized spacial score (nSPS) is 12.8. The molecule has 0 aliphatic heterocycles. The Bertz CT molecular complexity index is 4000. The van der Waals surface area contributed by atoms with Crippen molar-refractivity contribution in [1.29, 1.82) is 0 Å².